The Hall–Kier alpha value is -2.55. The maximum absolute atomic E-state index is 15.5. The summed E-state index contributed by atoms with van der Waals surface area (Å²) in [6, 6.07) is 12.9. The minimum absolute atomic E-state index is 0.234. The lowest BCUT2D eigenvalue weighted by atomic mass is 9.70. The van der Waals surface area contributed by atoms with Crippen LogP contribution in [0.3, 0.4) is 0 Å². The Labute approximate surface area is 290 Å². The Morgan fingerprint density at radius 1 is 0.583 bits per heavy atom. The predicted molar refractivity (Wildman–Crippen MR) is 199 cm³/mol. The zero-order valence-corrected chi connectivity index (χ0v) is 30.0. The number of benzene rings is 2. The van der Waals surface area contributed by atoms with Crippen LogP contribution in [0.1, 0.15) is 160 Å². The summed E-state index contributed by atoms with van der Waals surface area (Å²) in [5, 5.41) is 0. The summed E-state index contributed by atoms with van der Waals surface area (Å²) in [4.78, 5) is 0. The quantitative estimate of drug-likeness (QED) is 0.148. The van der Waals surface area contributed by atoms with Crippen LogP contribution in [-0.4, -0.2) is 0 Å². The van der Waals surface area contributed by atoms with Gasteiger partial charge in [-0.25, -0.2) is 13.2 Å². The second kappa shape index (κ2) is 19.0. The molecule has 0 amide bonds. The first-order chi connectivity index (χ1) is 23.5. The summed E-state index contributed by atoms with van der Waals surface area (Å²) < 4.78 is 45.8. The monoisotopic (exact) mass is 658 g/mol. The molecule has 1 fully saturated rings. The van der Waals surface area contributed by atoms with Crippen LogP contribution in [0.2, 0.25) is 0 Å². The van der Waals surface area contributed by atoms with Crippen LogP contribution in [0.4, 0.5) is 13.2 Å². The molecule has 2 atom stereocenters. The van der Waals surface area contributed by atoms with Gasteiger partial charge >= 0.3 is 0 Å². The predicted octanol–water partition coefficient (Wildman–Crippen LogP) is 15.1. The second-order valence-electron chi connectivity index (χ2n) is 15.3. The highest BCUT2D eigenvalue weighted by atomic mass is 19.2. The molecule has 0 saturated heterocycles. The first-order valence-corrected chi connectivity index (χ1v) is 19.8. The Kier molecular flexibility index (Phi) is 14.5. The van der Waals surface area contributed by atoms with Crippen molar-refractivity contribution < 1.29 is 13.2 Å². The van der Waals surface area contributed by atoms with Crippen LogP contribution in [0.15, 0.2) is 66.3 Å². The molecular formula is C45H61F3. The average molecular weight is 659 g/mol. The van der Waals surface area contributed by atoms with Gasteiger partial charge in [-0.1, -0.05) is 152 Å². The maximum Gasteiger partial charge on any atom is 0.162 e. The van der Waals surface area contributed by atoms with Crippen molar-refractivity contribution in [2.45, 2.75) is 149 Å². The molecule has 48 heavy (non-hydrogen) atoms. The number of hydrogen-bond donors (Lipinski definition) is 0. The van der Waals surface area contributed by atoms with Gasteiger partial charge < -0.3 is 0 Å². The van der Waals surface area contributed by atoms with Crippen LogP contribution >= 0.6 is 0 Å². The van der Waals surface area contributed by atoms with Crippen molar-refractivity contribution in [1.29, 1.82) is 0 Å². The van der Waals surface area contributed by atoms with E-state index >= 15 is 13.2 Å². The van der Waals surface area contributed by atoms with Crippen LogP contribution < -0.4 is 0 Å². The fourth-order valence-corrected chi connectivity index (χ4v) is 8.73. The molecule has 0 aromatic heterocycles. The third-order valence-electron chi connectivity index (χ3n) is 11.9. The number of allylic oxidation sites excluding steroid dienone is 6. The highest BCUT2D eigenvalue weighted by Crippen LogP contribution is 2.43. The van der Waals surface area contributed by atoms with Crippen molar-refractivity contribution in [2.75, 3.05) is 0 Å². The van der Waals surface area contributed by atoms with Gasteiger partial charge in [0.15, 0.2) is 5.83 Å². The molecule has 0 aliphatic heterocycles. The van der Waals surface area contributed by atoms with Gasteiger partial charge in [0.1, 0.15) is 11.6 Å². The minimum atomic E-state index is -0.729. The number of rotatable bonds is 17. The van der Waals surface area contributed by atoms with Crippen molar-refractivity contribution in [3.05, 3.63) is 83.2 Å². The van der Waals surface area contributed by atoms with Crippen molar-refractivity contribution >= 4 is 11.1 Å². The van der Waals surface area contributed by atoms with Crippen molar-refractivity contribution in [3.8, 4) is 11.1 Å². The van der Waals surface area contributed by atoms with E-state index in [1.54, 1.807) is 18.2 Å². The third kappa shape index (κ3) is 10.0. The van der Waals surface area contributed by atoms with Crippen LogP contribution in [0.25, 0.3) is 22.3 Å². The van der Waals surface area contributed by atoms with E-state index in [2.05, 4.69) is 19.9 Å². The highest BCUT2D eigenvalue weighted by molar-refractivity contribution is 5.80. The van der Waals surface area contributed by atoms with Gasteiger partial charge in [-0.2, -0.15) is 0 Å². The summed E-state index contributed by atoms with van der Waals surface area (Å²) in [6.45, 7) is 4.51. The Morgan fingerprint density at radius 3 is 1.88 bits per heavy atom. The Bertz CT molecular complexity index is 1370. The average Bonchev–Trinajstić information content (AvgIpc) is 3.12. The summed E-state index contributed by atoms with van der Waals surface area (Å²) in [6.07, 6.45) is 29.5. The molecule has 0 nitrogen and oxygen atoms in total. The Morgan fingerprint density at radius 2 is 1.21 bits per heavy atom. The molecule has 0 spiro atoms. The zero-order valence-electron chi connectivity index (χ0n) is 30.0. The molecule has 1 saturated carbocycles. The molecule has 0 bridgehead atoms. The van der Waals surface area contributed by atoms with E-state index in [9.17, 15) is 0 Å². The smallest absolute Gasteiger partial charge is 0.162 e. The van der Waals surface area contributed by atoms with Crippen molar-refractivity contribution in [2.24, 2.45) is 23.7 Å². The van der Waals surface area contributed by atoms with E-state index in [0.29, 0.717) is 29.5 Å². The second-order valence-corrected chi connectivity index (χ2v) is 15.3. The molecule has 0 heterocycles. The summed E-state index contributed by atoms with van der Waals surface area (Å²) >= 11 is 0. The largest absolute Gasteiger partial charge is 0.208 e. The van der Waals surface area contributed by atoms with E-state index in [4.69, 9.17) is 0 Å². The molecule has 5 rings (SSSR count). The fraction of sp³-hybridized carbons (Fsp3) is 0.600. The van der Waals surface area contributed by atoms with Gasteiger partial charge in [0, 0.05) is 17.1 Å². The number of unbranched alkanes of at least 4 members (excludes halogenated alkanes) is 9. The summed E-state index contributed by atoms with van der Waals surface area (Å²) in [5.41, 5.74) is 4.52. The molecule has 1 unspecified atom stereocenters. The Balaban J connectivity index is 1.11. The molecule has 0 radical (unpaired) electrons. The normalized spacial score (nSPS) is 23.3. The van der Waals surface area contributed by atoms with E-state index < -0.39 is 11.7 Å². The van der Waals surface area contributed by atoms with Gasteiger partial charge in [-0.15, -0.1) is 0 Å². The van der Waals surface area contributed by atoms with Gasteiger partial charge in [0.05, 0.1) is 0 Å². The van der Waals surface area contributed by atoms with E-state index in [0.717, 1.165) is 54.6 Å². The number of halogens is 3. The van der Waals surface area contributed by atoms with Gasteiger partial charge in [-0.05, 0) is 91.0 Å². The maximum atomic E-state index is 15.5. The highest BCUT2D eigenvalue weighted by Gasteiger charge is 2.29. The number of hydrogen-bond acceptors (Lipinski definition) is 0. The molecule has 3 heteroatoms. The molecule has 3 aliphatic rings. The molecule has 262 valence electrons. The standard InChI is InChI=1S/C45H61F3/c1-3-5-7-8-9-10-11-13-15-39-28-31-42(45(48)44(39)47)38-26-24-37(25-27-38)41-30-29-40(32-43(41)46)36-22-20-35(21-23-36)34-18-16-33(17-19-34)14-12-6-4-2/h22,24-27,29-35,39H,3-21,23,28H2,1-2H3/t33?,34?,35?,39-/m0/s1. The third-order valence-corrected chi connectivity index (χ3v) is 11.9. The lowest BCUT2D eigenvalue weighted by molar-refractivity contribution is 0.187. The topological polar surface area (TPSA) is 0 Å². The lowest BCUT2D eigenvalue weighted by Gasteiger charge is -2.35. The van der Waals surface area contributed by atoms with Crippen molar-refractivity contribution in [1.82, 2.24) is 0 Å². The fourth-order valence-electron chi connectivity index (χ4n) is 8.73. The van der Waals surface area contributed by atoms with Crippen LogP contribution in [0.5, 0.6) is 0 Å². The van der Waals surface area contributed by atoms with E-state index in [1.807, 2.05) is 30.3 Å². The van der Waals surface area contributed by atoms with Crippen LogP contribution in [0, 0.1) is 29.5 Å². The van der Waals surface area contributed by atoms with Gasteiger partial charge in [0.25, 0.3) is 0 Å². The first kappa shape index (κ1) is 36.7. The first-order valence-electron chi connectivity index (χ1n) is 19.8. The minimum Gasteiger partial charge on any atom is -0.208 e. The molecule has 0 N–H and O–H groups in total. The molecule has 2 aromatic carbocycles. The molecular weight excluding hydrogens is 597 g/mol. The summed E-state index contributed by atoms with van der Waals surface area (Å²) in [7, 11) is 0. The summed E-state index contributed by atoms with van der Waals surface area (Å²) in [5.74, 6) is 0.669. The van der Waals surface area contributed by atoms with E-state index in [1.165, 1.54) is 102 Å². The molecule has 2 aromatic rings. The van der Waals surface area contributed by atoms with Gasteiger partial charge in [0.2, 0.25) is 0 Å². The van der Waals surface area contributed by atoms with Gasteiger partial charge in [-0.3, -0.25) is 0 Å². The van der Waals surface area contributed by atoms with E-state index in [-0.39, 0.29) is 11.7 Å². The molecule has 3 aliphatic carbocycles. The van der Waals surface area contributed by atoms with Crippen molar-refractivity contribution in [3.63, 3.8) is 0 Å². The zero-order chi connectivity index (χ0) is 33.7. The SMILES string of the molecule is CCCCCCCCCC[C@H]1CC=C(c2ccc(-c3ccc(C4=CCC(C5CCC(CCCCC)CC5)CC4)cc3F)cc2)C(F)=C1F. The van der Waals surface area contributed by atoms with Crippen LogP contribution in [-0.2, 0) is 0 Å². The lowest BCUT2D eigenvalue weighted by Crippen LogP contribution is -2.23.